The van der Waals surface area contributed by atoms with Crippen LogP contribution in [0.5, 0.6) is 0 Å². The maximum absolute atomic E-state index is 11.4. The zero-order valence-electron chi connectivity index (χ0n) is 15.9. The van der Waals surface area contributed by atoms with E-state index in [0.29, 0.717) is 13.0 Å². The van der Waals surface area contributed by atoms with Crippen LogP contribution >= 0.6 is 0 Å². The van der Waals surface area contributed by atoms with Crippen molar-refractivity contribution >= 4 is 5.97 Å². The van der Waals surface area contributed by atoms with Gasteiger partial charge in [-0.25, -0.2) is 0 Å². The average molecular weight is 354 g/mol. The molecule has 0 saturated carbocycles. The normalized spacial score (nSPS) is 12.0. The van der Waals surface area contributed by atoms with Crippen LogP contribution in [0, 0.1) is 0 Å². The van der Waals surface area contributed by atoms with E-state index in [9.17, 15) is 9.90 Å². The predicted molar refractivity (Wildman–Crippen MR) is 106 cm³/mol. The van der Waals surface area contributed by atoms with Gasteiger partial charge >= 0.3 is 5.97 Å². The van der Waals surface area contributed by atoms with Gasteiger partial charge in [0.2, 0.25) is 0 Å². The molecule has 0 aliphatic carbocycles. The van der Waals surface area contributed by atoms with E-state index in [0.717, 1.165) is 17.5 Å². The van der Waals surface area contributed by atoms with Crippen LogP contribution in [0.15, 0.2) is 48.5 Å². The molecule has 0 bridgehead atoms. The first-order valence-corrected chi connectivity index (χ1v) is 9.67. The van der Waals surface area contributed by atoms with Gasteiger partial charge < -0.3 is 9.84 Å². The van der Waals surface area contributed by atoms with Crippen molar-refractivity contribution in [2.45, 2.75) is 58.5 Å². The summed E-state index contributed by atoms with van der Waals surface area (Å²) < 4.78 is 4.90. The largest absolute Gasteiger partial charge is 0.466 e. The summed E-state index contributed by atoms with van der Waals surface area (Å²) in [7, 11) is 0. The number of rotatable bonds is 10. The molecule has 0 aromatic heterocycles. The number of esters is 1. The second-order valence-corrected chi connectivity index (χ2v) is 6.64. The maximum atomic E-state index is 11.4. The number of unbranched alkanes of at least 4 members (excludes halogenated alkanes) is 2. The van der Waals surface area contributed by atoms with Crippen molar-refractivity contribution in [3.63, 3.8) is 0 Å². The van der Waals surface area contributed by atoms with Crippen molar-refractivity contribution in [1.82, 2.24) is 0 Å². The third kappa shape index (κ3) is 6.30. The Morgan fingerprint density at radius 1 is 0.962 bits per heavy atom. The Kier molecular flexibility index (Phi) is 8.36. The molecule has 1 unspecified atom stereocenters. The summed E-state index contributed by atoms with van der Waals surface area (Å²) in [5.41, 5.74) is 4.52. The van der Waals surface area contributed by atoms with Crippen LogP contribution < -0.4 is 0 Å². The Morgan fingerprint density at radius 2 is 1.58 bits per heavy atom. The van der Waals surface area contributed by atoms with Crippen LogP contribution in [-0.4, -0.2) is 17.7 Å². The summed E-state index contributed by atoms with van der Waals surface area (Å²) >= 11 is 0. The van der Waals surface area contributed by atoms with E-state index in [2.05, 4.69) is 31.2 Å². The molecule has 0 fully saturated rings. The Morgan fingerprint density at radius 3 is 2.15 bits per heavy atom. The number of aliphatic hydroxyl groups excluding tert-OH is 1. The van der Waals surface area contributed by atoms with Crippen molar-refractivity contribution in [3.05, 3.63) is 59.7 Å². The van der Waals surface area contributed by atoms with Gasteiger partial charge in [0.25, 0.3) is 0 Å². The van der Waals surface area contributed by atoms with Gasteiger partial charge in [0.05, 0.1) is 12.7 Å². The molecular formula is C23H30O3. The van der Waals surface area contributed by atoms with Crippen LogP contribution in [0.25, 0.3) is 11.1 Å². The summed E-state index contributed by atoms with van der Waals surface area (Å²) in [6, 6.07) is 16.6. The zero-order chi connectivity index (χ0) is 18.8. The van der Waals surface area contributed by atoms with Crippen LogP contribution in [0.3, 0.4) is 0 Å². The second-order valence-electron chi connectivity index (χ2n) is 6.64. The Balaban J connectivity index is 1.92. The fourth-order valence-electron chi connectivity index (χ4n) is 3.00. The highest BCUT2D eigenvalue weighted by molar-refractivity contribution is 5.69. The van der Waals surface area contributed by atoms with Gasteiger partial charge in [-0.1, -0.05) is 68.3 Å². The van der Waals surface area contributed by atoms with E-state index in [1.165, 1.54) is 30.4 Å². The SMILES string of the molecule is CCCCCc1ccc(-c2ccc(C(O)CCC(=O)OCC)cc2)cc1. The number of hydrogen-bond acceptors (Lipinski definition) is 3. The topological polar surface area (TPSA) is 46.5 Å². The number of carbonyl (C=O) groups excluding carboxylic acids is 1. The monoisotopic (exact) mass is 354 g/mol. The van der Waals surface area contributed by atoms with Gasteiger partial charge in [-0.15, -0.1) is 0 Å². The highest BCUT2D eigenvalue weighted by atomic mass is 16.5. The number of ether oxygens (including phenoxy) is 1. The minimum absolute atomic E-state index is 0.232. The van der Waals surface area contributed by atoms with Crippen molar-refractivity contribution in [2.24, 2.45) is 0 Å². The Labute approximate surface area is 157 Å². The first-order valence-electron chi connectivity index (χ1n) is 9.67. The first kappa shape index (κ1) is 20.2. The number of aryl methyl sites for hydroxylation is 1. The standard InChI is InChI=1S/C23H30O3/c1-3-5-6-7-18-8-10-19(11-9-18)20-12-14-21(15-13-20)22(24)16-17-23(25)26-4-2/h8-15,22,24H,3-7,16-17H2,1-2H3. The van der Waals surface area contributed by atoms with E-state index in [1.54, 1.807) is 6.92 Å². The summed E-state index contributed by atoms with van der Waals surface area (Å²) in [6.45, 7) is 4.38. The van der Waals surface area contributed by atoms with E-state index in [4.69, 9.17) is 4.74 Å². The number of hydrogen-bond donors (Lipinski definition) is 1. The molecule has 0 aliphatic rings. The lowest BCUT2D eigenvalue weighted by atomic mass is 9.98. The number of carbonyl (C=O) groups is 1. The minimum Gasteiger partial charge on any atom is -0.466 e. The molecule has 140 valence electrons. The number of aliphatic hydroxyl groups is 1. The van der Waals surface area contributed by atoms with Gasteiger partial charge in [0, 0.05) is 6.42 Å². The van der Waals surface area contributed by atoms with Crippen LogP contribution in [0.4, 0.5) is 0 Å². The zero-order valence-corrected chi connectivity index (χ0v) is 15.9. The smallest absolute Gasteiger partial charge is 0.305 e. The third-order valence-corrected chi connectivity index (χ3v) is 4.58. The Hall–Kier alpha value is -2.13. The van der Waals surface area contributed by atoms with E-state index < -0.39 is 6.10 Å². The summed E-state index contributed by atoms with van der Waals surface area (Å²) in [6.07, 6.45) is 4.88. The third-order valence-electron chi connectivity index (χ3n) is 4.58. The van der Waals surface area contributed by atoms with E-state index in [1.807, 2.05) is 24.3 Å². The molecule has 0 spiro atoms. The van der Waals surface area contributed by atoms with Gasteiger partial charge in [0.1, 0.15) is 0 Å². The van der Waals surface area contributed by atoms with Gasteiger partial charge in [-0.2, -0.15) is 0 Å². The molecule has 2 aromatic carbocycles. The summed E-state index contributed by atoms with van der Waals surface area (Å²) in [5, 5.41) is 10.2. The van der Waals surface area contributed by atoms with E-state index >= 15 is 0 Å². The molecule has 0 aliphatic heterocycles. The molecule has 0 heterocycles. The number of benzene rings is 2. The molecule has 2 aromatic rings. The van der Waals surface area contributed by atoms with Crippen molar-refractivity contribution < 1.29 is 14.6 Å². The molecule has 26 heavy (non-hydrogen) atoms. The molecule has 0 amide bonds. The fourth-order valence-corrected chi connectivity index (χ4v) is 3.00. The lowest BCUT2D eigenvalue weighted by molar-refractivity contribution is -0.143. The molecular weight excluding hydrogens is 324 g/mol. The second kappa shape index (κ2) is 10.8. The van der Waals surface area contributed by atoms with E-state index in [-0.39, 0.29) is 12.4 Å². The van der Waals surface area contributed by atoms with Crippen molar-refractivity contribution in [1.29, 1.82) is 0 Å². The van der Waals surface area contributed by atoms with Gasteiger partial charge in [-0.05, 0) is 48.4 Å². The lowest BCUT2D eigenvalue weighted by Gasteiger charge is -2.11. The molecule has 0 radical (unpaired) electrons. The highest BCUT2D eigenvalue weighted by Gasteiger charge is 2.11. The predicted octanol–water partition coefficient (Wildman–Crippen LogP) is 5.46. The molecule has 1 N–H and O–H groups in total. The molecule has 3 nitrogen and oxygen atoms in total. The molecule has 2 rings (SSSR count). The first-order chi connectivity index (χ1) is 12.6. The lowest BCUT2D eigenvalue weighted by Crippen LogP contribution is -2.07. The summed E-state index contributed by atoms with van der Waals surface area (Å²) in [4.78, 5) is 11.4. The summed E-state index contributed by atoms with van der Waals surface area (Å²) in [5.74, 6) is -0.262. The minimum atomic E-state index is -0.644. The Bertz CT molecular complexity index is 659. The quantitative estimate of drug-likeness (QED) is 0.455. The van der Waals surface area contributed by atoms with Crippen molar-refractivity contribution in [3.8, 4) is 11.1 Å². The molecule has 0 saturated heterocycles. The average Bonchev–Trinajstić information content (AvgIpc) is 2.67. The van der Waals surface area contributed by atoms with Crippen LogP contribution in [0.2, 0.25) is 0 Å². The van der Waals surface area contributed by atoms with Gasteiger partial charge in [0.15, 0.2) is 0 Å². The van der Waals surface area contributed by atoms with Crippen LogP contribution in [0.1, 0.15) is 63.2 Å². The van der Waals surface area contributed by atoms with Gasteiger partial charge in [-0.3, -0.25) is 4.79 Å². The molecule has 1 atom stereocenters. The maximum Gasteiger partial charge on any atom is 0.305 e. The van der Waals surface area contributed by atoms with Crippen LogP contribution in [-0.2, 0) is 16.0 Å². The van der Waals surface area contributed by atoms with Crippen molar-refractivity contribution in [2.75, 3.05) is 6.61 Å². The molecule has 3 heteroatoms. The highest BCUT2D eigenvalue weighted by Crippen LogP contribution is 2.24. The fraction of sp³-hybridized carbons (Fsp3) is 0.435.